The van der Waals surface area contributed by atoms with Crippen molar-refractivity contribution in [2.45, 2.75) is 76.7 Å². The highest BCUT2D eigenvalue weighted by molar-refractivity contribution is 5.72. The number of halogens is 2. The van der Waals surface area contributed by atoms with Gasteiger partial charge in [0.05, 0.1) is 11.5 Å². The molecule has 0 amide bonds. The van der Waals surface area contributed by atoms with Crippen molar-refractivity contribution in [1.29, 1.82) is 0 Å². The van der Waals surface area contributed by atoms with Crippen LogP contribution < -0.4 is 0 Å². The van der Waals surface area contributed by atoms with E-state index >= 15 is 8.78 Å². The fourth-order valence-electron chi connectivity index (χ4n) is 7.44. The standard InChI is InChI=1S/C20H30F2O3/c1-18(25)8-7-12-11(9-18)3-4-13-14(12)10-20(21,22)19(2)15(13)5-6-16(19)17(23)24/h11-16,25H,3-10H2,1-2H3,(H,23,24)/t11-,12+,13?,14-,15+,16-,18-,19+/m1/s1. The number of fused-ring (bicyclic) bond motifs is 5. The summed E-state index contributed by atoms with van der Waals surface area (Å²) in [6.07, 6.45) is 5.03. The van der Waals surface area contributed by atoms with Gasteiger partial charge in [0.2, 0.25) is 0 Å². The normalized spacial score (nSPS) is 54.3. The average molecular weight is 356 g/mol. The van der Waals surface area contributed by atoms with Gasteiger partial charge in [-0.25, -0.2) is 8.78 Å². The SMILES string of the molecule is C[C@@]1(O)CC[C@H]2[C@H](CCC3[C@@H]2CC(F)(F)[C@]2(C)[C@@H](C(=O)O)CC[C@@H]32)C1. The molecule has 0 aliphatic heterocycles. The van der Waals surface area contributed by atoms with Crippen molar-refractivity contribution in [2.75, 3.05) is 0 Å². The Morgan fingerprint density at radius 3 is 2.36 bits per heavy atom. The van der Waals surface area contributed by atoms with E-state index < -0.39 is 28.8 Å². The monoisotopic (exact) mass is 356 g/mol. The van der Waals surface area contributed by atoms with E-state index in [9.17, 15) is 15.0 Å². The summed E-state index contributed by atoms with van der Waals surface area (Å²) in [5, 5.41) is 19.9. The van der Waals surface area contributed by atoms with Crippen molar-refractivity contribution >= 4 is 5.97 Å². The molecule has 0 radical (unpaired) electrons. The molecule has 142 valence electrons. The second kappa shape index (κ2) is 5.40. The summed E-state index contributed by atoms with van der Waals surface area (Å²) in [6, 6.07) is 0. The lowest BCUT2D eigenvalue weighted by molar-refractivity contribution is -0.231. The molecule has 1 unspecified atom stereocenters. The largest absolute Gasteiger partial charge is 0.481 e. The molecular formula is C20H30F2O3. The molecule has 0 saturated heterocycles. The number of carboxylic acids is 1. The highest BCUT2D eigenvalue weighted by Crippen LogP contribution is 2.69. The molecule has 4 aliphatic carbocycles. The van der Waals surface area contributed by atoms with Crippen molar-refractivity contribution in [1.82, 2.24) is 0 Å². The van der Waals surface area contributed by atoms with Gasteiger partial charge in [-0.3, -0.25) is 4.79 Å². The molecule has 3 nitrogen and oxygen atoms in total. The highest BCUT2D eigenvalue weighted by Gasteiger charge is 2.70. The third kappa shape index (κ3) is 2.40. The smallest absolute Gasteiger partial charge is 0.307 e. The molecule has 0 bridgehead atoms. The highest BCUT2D eigenvalue weighted by atomic mass is 19.3. The number of aliphatic carboxylic acids is 1. The summed E-state index contributed by atoms with van der Waals surface area (Å²) in [4.78, 5) is 11.6. The fourth-order valence-corrected chi connectivity index (χ4v) is 7.44. The molecule has 0 heterocycles. The molecule has 4 aliphatic rings. The molecule has 4 rings (SSSR count). The molecule has 8 atom stereocenters. The summed E-state index contributed by atoms with van der Waals surface area (Å²) < 4.78 is 30.6. The Kier molecular flexibility index (Phi) is 3.82. The Labute approximate surface area is 148 Å². The predicted octanol–water partition coefficient (Wildman–Crippen LogP) is 4.34. The van der Waals surface area contributed by atoms with Crippen LogP contribution in [0.5, 0.6) is 0 Å². The molecular weight excluding hydrogens is 326 g/mol. The van der Waals surface area contributed by atoms with E-state index in [0.717, 1.165) is 25.7 Å². The van der Waals surface area contributed by atoms with Gasteiger partial charge in [-0.2, -0.15) is 0 Å². The van der Waals surface area contributed by atoms with Crippen LogP contribution in [0.1, 0.15) is 65.2 Å². The minimum Gasteiger partial charge on any atom is -0.481 e. The summed E-state index contributed by atoms with van der Waals surface area (Å²) in [5.41, 5.74) is -2.05. The Morgan fingerprint density at radius 2 is 1.68 bits per heavy atom. The Bertz CT molecular complexity index is 575. The van der Waals surface area contributed by atoms with E-state index in [0.29, 0.717) is 25.2 Å². The van der Waals surface area contributed by atoms with Crippen molar-refractivity contribution < 1.29 is 23.8 Å². The van der Waals surface area contributed by atoms with Crippen LogP contribution in [-0.4, -0.2) is 27.7 Å². The molecule has 0 spiro atoms. The molecule has 4 saturated carbocycles. The van der Waals surface area contributed by atoms with Crippen molar-refractivity contribution in [3.63, 3.8) is 0 Å². The zero-order valence-corrected chi connectivity index (χ0v) is 15.2. The second-order valence-electron chi connectivity index (χ2n) is 9.83. The quantitative estimate of drug-likeness (QED) is 0.735. The molecule has 4 fully saturated rings. The number of carbonyl (C=O) groups is 1. The Morgan fingerprint density at radius 1 is 0.960 bits per heavy atom. The van der Waals surface area contributed by atoms with Gasteiger partial charge in [0, 0.05) is 11.8 Å². The van der Waals surface area contributed by atoms with E-state index in [1.165, 1.54) is 0 Å². The van der Waals surface area contributed by atoms with E-state index in [-0.39, 0.29) is 30.1 Å². The first-order valence-electron chi connectivity index (χ1n) is 9.90. The van der Waals surface area contributed by atoms with Gasteiger partial charge in [0.1, 0.15) is 0 Å². The number of rotatable bonds is 1. The second-order valence-corrected chi connectivity index (χ2v) is 9.83. The topological polar surface area (TPSA) is 57.5 Å². The Balaban J connectivity index is 1.66. The Hall–Kier alpha value is -0.710. The molecule has 0 aromatic heterocycles. The summed E-state index contributed by atoms with van der Waals surface area (Å²) in [5.74, 6) is -4.20. The van der Waals surface area contributed by atoms with Gasteiger partial charge in [0.25, 0.3) is 5.92 Å². The number of hydrogen-bond donors (Lipinski definition) is 2. The van der Waals surface area contributed by atoms with Gasteiger partial charge < -0.3 is 10.2 Å². The van der Waals surface area contributed by atoms with Gasteiger partial charge in [-0.05, 0) is 81.5 Å². The minimum absolute atomic E-state index is 0.00419. The molecule has 0 aromatic rings. The van der Waals surface area contributed by atoms with Crippen LogP contribution in [0.2, 0.25) is 0 Å². The number of carboxylic acid groups (broad SMARTS) is 1. The number of alkyl halides is 2. The maximum absolute atomic E-state index is 15.3. The van der Waals surface area contributed by atoms with Gasteiger partial charge >= 0.3 is 5.97 Å². The lowest BCUT2D eigenvalue weighted by atomic mass is 9.48. The first kappa shape index (κ1) is 17.7. The van der Waals surface area contributed by atoms with Gasteiger partial charge in [-0.1, -0.05) is 6.92 Å². The fraction of sp³-hybridized carbons (Fsp3) is 0.950. The van der Waals surface area contributed by atoms with Crippen LogP contribution in [0.15, 0.2) is 0 Å². The van der Waals surface area contributed by atoms with E-state index in [1.807, 2.05) is 6.92 Å². The lowest BCUT2D eigenvalue weighted by Gasteiger charge is -2.58. The van der Waals surface area contributed by atoms with E-state index in [4.69, 9.17) is 0 Å². The summed E-state index contributed by atoms with van der Waals surface area (Å²) in [6.45, 7) is 3.42. The third-order valence-electron chi connectivity index (χ3n) is 8.65. The van der Waals surface area contributed by atoms with Gasteiger partial charge in [0.15, 0.2) is 0 Å². The van der Waals surface area contributed by atoms with E-state index in [1.54, 1.807) is 6.92 Å². The first-order valence-corrected chi connectivity index (χ1v) is 9.90. The molecule has 5 heteroatoms. The minimum atomic E-state index is -2.92. The lowest BCUT2D eigenvalue weighted by Crippen LogP contribution is -2.59. The molecule has 0 aromatic carbocycles. The summed E-state index contributed by atoms with van der Waals surface area (Å²) in [7, 11) is 0. The average Bonchev–Trinajstić information content (AvgIpc) is 2.85. The third-order valence-corrected chi connectivity index (χ3v) is 8.65. The number of aliphatic hydroxyl groups is 1. The maximum Gasteiger partial charge on any atom is 0.307 e. The van der Waals surface area contributed by atoms with Crippen molar-refractivity contribution in [3.05, 3.63) is 0 Å². The van der Waals surface area contributed by atoms with Crippen LogP contribution in [-0.2, 0) is 4.79 Å². The van der Waals surface area contributed by atoms with Crippen LogP contribution >= 0.6 is 0 Å². The maximum atomic E-state index is 15.3. The zero-order chi connectivity index (χ0) is 18.2. The number of hydrogen-bond acceptors (Lipinski definition) is 2. The van der Waals surface area contributed by atoms with Crippen molar-refractivity contribution in [2.24, 2.45) is 40.9 Å². The van der Waals surface area contributed by atoms with Gasteiger partial charge in [-0.15, -0.1) is 0 Å². The summed E-state index contributed by atoms with van der Waals surface area (Å²) >= 11 is 0. The first-order chi connectivity index (χ1) is 11.6. The predicted molar refractivity (Wildman–Crippen MR) is 89.2 cm³/mol. The van der Waals surface area contributed by atoms with Crippen LogP contribution in [0.3, 0.4) is 0 Å². The van der Waals surface area contributed by atoms with E-state index in [2.05, 4.69) is 0 Å². The molecule has 25 heavy (non-hydrogen) atoms. The van der Waals surface area contributed by atoms with Crippen LogP contribution in [0, 0.1) is 40.9 Å². The van der Waals surface area contributed by atoms with Crippen LogP contribution in [0.25, 0.3) is 0 Å². The molecule has 2 N–H and O–H groups in total. The van der Waals surface area contributed by atoms with Crippen LogP contribution in [0.4, 0.5) is 8.78 Å². The van der Waals surface area contributed by atoms with Crippen molar-refractivity contribution in [3.8, 4) is 0 Å². The zero-order valence-electron chi connectivity index (χ0n) is 15.2.